The lowest BCUT2D eigenvalue weighted by Crippen LogP contribution is -2.00. The average Bonchev–Trinajstić information content (AvgIpc) is 2.21. The molecular weight excluding hydrogens is 334 g/mol. The zero-order valence-corrected chi connectivity index (χ0v) is 10.6. The molecule has 1 rings (SSSR count). The van der Waals surface area contributed by atoms with Gasteiger partial charge in [-0.25, -0.2) is 13.8 Å². The second-order valence-electron chi connectivity index (χ2n) is 2.74. The molecule has 6 heteroatoms. The van der Waals surface area contributed by atoms with Crippen LogP contribution in [0, 0.1) is 11.3 Å². The van der Waals surface area contributed by atoms with Crippen molar-refractivity contribution in [2.24, 2.45) is 0 Å². The lowest BCUT2D eigenvalue weighted by atomic mass is 10.2. The standard InChI is InChI=1S/C9H6Br2F2N2/c10-4-5-3-7(9(12)13)15-6(1-2-14)8(5)11/h3,9H,1,4H2. The molecule has 1 heterocycles. The molecule has 0 amide bonds. The molecule has 0 atom stereocenters. The van der Waals surface area contributed by atoms with Crippen molar-refractivity contribution in [1.29, 1.82) is 5.26 Å². The van der Waals surface area contributed by atoms with E-state index >= 15 is 0 Å². The van der Waals surface area contributed by atoms with Gasteiger partial charge in [0.1, 0.15) is 5.69 Å². The van der Waals surface area contributed by atoms with Crippen LogP contribution in [0.1, 0.15) is 23.4 Å². The van der Waals surface area contributed by atoms with Gasteiger partial charge in [0.25, 0.3) is 6.43 Å². The summed E-state index contributed by atoms with van der Waals surface area (Å²) >= 11 is 6.43. The van der Waals surface area contributed by atoms with E-state index in [4.69, 9.17) is 5.26 Å². The van der Waals surface area contributed by atoms with Gasteiger partial charge in [0.15, 0.2) is 0 Å². The van der Waals surface area contributed by atoms with Crippen LogP contribution in [0.25, 0.3) is 0 Å². The third-order valence-corrected chi connectivity index (χ3v) is 3.31. The van der Waals surface area contributed by atoms with Crippen LogP contribution in [0.3, 0.4) is 0 Å². The van der Waals surface area contributed by atoms with Gasteiger partial charge in [0, 0.05) is 9.80 Å². The Morgan fingerprint density at radius 3 is 2.67 bits per heavy atom. The third-order valence-electron chi connectivity index (χ3n) is 1.74. The molecular formula is C9H6Br2F2N2. The molecule has 0 saturated carbocycles. The maximum absolute atomic E-state index is 12.5. The highest BCUT2D eigenvalue weighted by Gasteiger charge is 2.15. The van der Waals surface area contributed by atoms with Crippen molar-refractivity contribution in [1.82, 2.24) is 4.98 Å². The van der Waals surface area contributed by atoms with Gasteiger partial charge >= 0.3 is 0 Å². The number of alkyl halides is 3. The van der Waals surface area contributed by atoms with E-state index in [1.807, 2.05) is 6.07 Å². The predicted molar refractivity (Wildman–Crippen MR) is 58.8 cm³/mol. The fourth-order valence-corrected chi connectivity index (χ4v) is 2.37. The Morgan fingerprint density at radius 2 is 2.20 bits per heavy atom. The maximum atomic E-state index is 12.5. The van der Waals surface area contributed by atoms with Gasteiger partial charge < -0.3 is 0 Å². The minimum Gasteiger partial charge on any atom is -0.250 e. The first kappa shape index (κ1) is 12.5. The van der Waals surface area contributed by atoms with Crippen LogP contribution in [0.15, 0.2) is 10.5 Å². The first-order valence-electron chi connectivity index (χ1n) is 3.99. The molecule has 0 aliphatic carbocycles. The number of nitriles is 1. The fourth-order valence-electron chi connectivity index (χ4n) is 1.07. The molecule has 0 saturated heterocycles. The van der Waals surface area contributed by atoms with Gasteiger partial charge in [-0.1, -0.05) is 15.9 Å². The molecule has 80 valence electrons. The van der Waals surface area contributed by atoms with E-state index in [2.05, 4.69) is 36.8 Å². The molecule has 0 aliphatic rings. The van der Waals surface area contributed by atoms with E-state index in [-0.39, 0.29) is 12.1 Å². The quantitative estimate of drug-likeness (QED) is 0.786. The highest BCUT2D eigenvalue weighted by atomic mass is 79.9. The first-order valence-corrected chi connectivity index (χ1v) is 5.90. The summed E-state index contributed by atoms with van der Waals surface area (Å²) in [7, 11) is 0. The number of rotatable bonds is 3. The predicted octanol–water partition coefficient (Wildman–Crippen LogP) is 3.74. The summed E-state index contributed by atoms with van der Waals surface area (Å²) in [5, 5.41) is 8.97. The SMILES string of the molecule is N#CCc1nc(C(F)F)cc(CBr)c1Br. The van der Waals surface area contributed by atoms with Gasteiger partial charge in [0.05, 0.1) is 18.2 Å². The molecule has 1 aromatic heterocycles. The molecule has 0 bridgehead atoms. The zero-order valence-electron chi connectivity index (χ0n) is 7.48. The van der Waals surface area contributed by atoms with E-state index in [0.717, 1.165) is 0 Å². The van der Waals surface area contributed by atoms with E-state index in [0.29, 0.717) is 21.1 Å². The van der Waals surface area contributed by atoms with Gasteiger partial charge in [-0.3, -0.25) is 0 Å². The first-order chi connectivity index (χ1) is 7.10. The molecule has 15 heavy (non-hydrogen) atoms. The number of halogens is 4. The van der Waals surface area contributed by atoms with Gasteiger partial charge in [-0.05, 0) is 27.6 Å². The number of pyridine rings is 1. The average molecular weight is 340 g/mol. The normalized spacial score (nSPS) is 10.4. The summed E-state index contributed by atoms with van der Waals surface area (Å²) in [5.74, 6) is 0. The maximum Gasteiger partial charge on any atom is 0.280 e. The Balaban J connectivity index is 3.26. The number of aromatic nitrogens is 1. The smallest absolute Gasteiger partial charge is 0.250 e. The largest absolute Gasteiger partial charge is 0.280 e. The molecule has 0 aromatic carbocycles. The van der Waals surface area contributed by atoms with Crippen molar-refractivity contribution in [3.05, 3.63) is 27.5 Å². The summed E-state index contributed by atoms with van der Waals surface area (Å²) in [5.41, 5.74) is 0.730. The highest BCUT2D eigenvalue weighted by molar-refractivity contribution is 9.10. The molecule has 2 nitrogen and oxygen atoms in total. The topological polar surface area (TPSA) is 36.7 Å². The van der Waals surface area contributed by atoms with Crippen molar-refractivity contribution in [3.63, 3.8) is 0 Å². The summed E-state index contributed by atoms with van der Waals surface area (Å²) < 4.78 is 25.5. The van der Waals surface area contributed by atoms with E-state index in [1.165, 1.54) is 6.07 Å². The van der Waals surface area contributed by atoms with Gasteiger partial charge in [-0.2, -0.15) is 5.26 Å². The summed E-state index contributed by atoms with van der Waals surface area (Å²) in [6.45, 7) is 0. The van der Waals surface area contributed by atoms with Crippen LogP contribution in [0.5, 0.6) is 0 Å². The Hall–Kier alpha value is -0.540. The van der Waals surface area contributed by atoms with Crippen LogP contribution in [-0.4, -0.2) is 4.98 Å². The Kier molecular flexibility index (Phi) is 4.61. The van der Waals surface area contributed by atoms with Crippen molar-refractivity contribution >= 4 is 31.9 Å². The summed E-state index contributed by atoms with van der Waals surface area (Å²) in [6, 6.07) is 3.21. The van der Waals surface area contributed by atoms with Crippen LogP contribution in [-0.2, 0) is 11.8 Å². The number of nitrogens with zero attached hydrogens (tertiary/aromatic N) is 2. The van der Waals surface area contributed by atoms with Crippen molar-refractivity contribution < 1.29 is 8.78 Å². The van der Waals surface area contributed by atoms with Crippen molar-refractivity contribution in [3.8, 4) is 6.07 Å². The van der Waals surface area contributed by atoms with Crippen molar-refractivity contribution in [2.75, 3.05) is 0 Å². The van der Waals surface area contributed by atoms with E-state index in [9.17, 15) is 8.78 Å². The Bertz CT molecular complexity index is 402. The Labute approximate surface area is 103 Å². The third kappa shape index (κ3) is 2.95. The molecule has 0 unspecified atom stereocenters. The molecule has 0 radical (unpaired) electrons. The minimum atomic E-state index is -2.62. The summed E-state index contributed by atoms with van der Waals surface area (Å²) in [6.07, 6.45) is -2.60. The summed E-state index contributed by atoms with van der Waals surface area (Å²) in [4.78, 5) is 3.73. The molecule has 0 aliphatic heterocycles. The number of hydrogen-bond acceptors (Lipinski definition) is 2. The van der Waals surface area contributed by atoms with E-state index < -0.39 is 6.43 Å². The van der Waals surface area contributed by atoms with E-state index in [1.54, 1.807) is 0 Å². The van der Waals surface area contributed by atoms with Gasteiger partial charge in [0.2, 0.25) is 0 Å². The van der Waals surface area contributed by atoms with Crippen molar-refractivity contribution in [2.45, 2.75) is 18.2 Å². The van der Waals surface area contributed by atoms with Crippen LogP contribution in [0.4, 0.5) is 8.78 Å². The lowest BCUT2D eigenvalue weighted by molar-refractivity contribution is 0.145. The van der Waals surface area contributed by atoms with Crippen LogP contribution < -0.4 is 0 Å². The van der Waals surface area contributed by atoms with Gasteiger partial charge in [-0.15, -0.1) is 0 Å². The molecule has 0 spiro atoms. The highest BCUT2D eigenvalue weighted by Crippen LogP contribution is 2.27. The molecule has 1 aromatic rings. The molecule has 0 N–H and O–H groups in total. The lowest BCUT2D eigenvalue weighted by Gasteiger charge is -2.08. The monoisotopic (exact) mass is 338 g/mol. The van der Waals surface area contributed by atoms with Crippen LogP contribution >= 0.6 is 31.9 Å². The fraction of sp³-hybridized carbons (Fsp3) is 0.333. The van der Waals surface area contributed by atoms with Crippen LogP contribution in [0.2, 0.25) is 0 Å². The zero-order chi connectivity index (χ0) is 11.4. The second-order valence-corrected chi connectivity index (χ2v) is 4.09. The second kappa shape index (κ2) is 5.52. The number of hydrogen-bond donors (Lipinski definition) is 0. The minimum absolute atomic E-state index is 0.0150. The Morgan fingerprint density at radius 1 is 1.53 bits per heavy atom. The molecule has 0 fully saturated rings.